The molecule has 0 saturated carbocycles. The molecule has 126 valence electrons. The van der Waals surface area contributed by atoms with Crippen LogP contribution in [0.25, 0.3) is 33.4 Å². The van der Waals surface area contributed by atoms with E-state index in [1.807, 2.05) is 0 Å². The predicted molar refractivity (Wildman–Crippen MR) is 112 cm³/mol. The zero-order valence-electron chi connectivity index (χ0n) is 15.2. The molecule has 0 bridgehead atoms. The van der Waals surface area contributed by atoms with Crippen LogP contribution < -0.4 is 0 Å². The number of rotatable bonds is 3. The second-order valence-electron chi connectivity index (χ2n) is 6.79. The molecule has 0 heteroatoms. The Morgan fingerprint density at radius 2 is 1.00 bits per heavy atom. The second kappa shape index (κ2) is 7.01. The van der Waals surface area contributed by atoms with Crippen molar-refractivity contribution in [1.29, 1.82) is 0 Å². The summed E-state index contributed by atoms with van der Waals surface area (Å²) in [6, 6.07) is 34.8. The van der Waals surface area contributed by atoms with Crippen molar-refractivity contribution in [2.45, 2.75) is 13.8 Å². The van der Waals surface area contributed by atoms with Crippen LogP contribution in [0.2, 0.25) is 0 Å². The highest BCUT2D eigenvalue weighted by Gasteiger charge is 2.10. The lowest BCUT2D eigenvalue weighted by Crippen LogP contribution is -1.89. The lowest BCUT2D eigenvalue weighted by Gasteiger charge is -2.14. The summed E-state index contributed by atoms with van der Waals surface area (Å²) in [6.45, 7) is 4.34. The highest BCUT2D eigenvalue weighted by Crippen LogP contribution is 2.36. The minimum absolute atomic E-state index is 1.25. The summed E-state index contributed by atoms with van der Waals surface area (Å²) in [5.41, 5.74) is 10.2. The van der Waals surface area contributed by atoms with Gasteiger partial charge in [0.1, 0.15) is 0 Å². The first-order valence-corrected chi connectivity index (χ1v) is 9.05. The van der Waals surface area contributed by atoms with Gasteiger partial charge in [0, 0.05) is 0 Å². The molecule has 0 saturated heterocycles. The van der Waals surface area contributed by atoms with Crippen molar-refractivity contribution >= 4 is 0 Å². The fourth-order valence-electron chi connectivity index (χ4n) is 3.37. The van der Waals surface area contributed by atoms with Gasteiger partial charge in [-0.3, -0.25) is 0 Å². The summed E-state index contributed by atoms with van der Waals surface area (Å²) < 4.78 is 0. The van der Waals surface area contributed by atoms with E-state index in [4.69, 9.17) is 0 Å². The molecule has 0 radical (unpaired) electrons. The van der Waals surface area contributed by atoms with Crippen molar-refractivity contribution in [2.24, 2.45) is 0 Å². The molecule has 0 nitrogen and oxygen atoms in total. The average Bonchev–Trinajstić information content (AvgIpc) is 2.71. The van der Waals surface area contributed by atoms with Crippen LogP contribution in [0.5, 0.6) is 0 Å². The summed E-state index contributed by atoms with van der Waals surface area (Å²) >= 11 is 0. The first-order valence-electron chi connectivity index (χ1n) is 9.05. The number of hydrogen-bond donors (Lipinski definition) is 0. The van der Waals surface area contributed by atoms with Crippen LogP contribution in [0.15, 0.2) is 97.1 Å². The molecule has 0 aliphatic carbocycles. The Morgan fingerprint density at radius 1 is 0.385 bits per heavy atom. The van der Waals surface area contributed by atoms with Crippen molar-refractivity contribution in [3.8, 4) is 33.4 Å². The minimum atomic E-state index is 1.25. The van der Waals surface area contributed by atoms with Crippen LogP contribution in [0.3, 0.4) is 0 Å². The molecule has 4 rings (SSSR count). The molecule has 0 aliphatic rings. The summed E-state index contributed by atoms with van der Waals surface area (Å²) in [5.74, 6) is 0. The van der Waals surface area contributed by atoms with E-state index in [-0.39, 0.29) is 0 Å². The molecule has 0 amide bonds. The Kier molecular flexibility index (Phi) is 4.41. The minimum Gasteiger partial charge on any atom is -0.0622 e. The van der Waals surface area contributed by atoms with Gasteiger partial charge in [-0.2, -0.15) is 0 Å². The van der Waals surface area contributed by atoms with E-state index in [1.54, 1.807) is 0 Å². The van der Waals surface area contributed by atoms with Gasteiger partial charge >= 0.3 is 0 Å². The van der Waals surface area contributed by atoms with Gasteiger partial charge in [0.2, 0.25) is 0 Å². The topological polar surface area (TPSA) is 0 Å². The summed E-state index contributed by atoms with van der Waals surface area (Å²) in [6.07, 6.45) is 0. The molecule has 0 aromatic heterocycles. The van der Waals surface area contributed by atoms with Gasteiger partial charge in [0.05, 0.1) is 0 Å². The highest BCUT2D eigenvalue weighted by molar-refractivity contribution is 5.87. The molecule has 0 fully saturated rings. The highest BCUT2D eigenvalue weighted by atomic mass is 14.1. The standard InChI is InChI=1S/C26H22/c1-19-13-14-24(17-20(19)2)25-16-15-23(21-9-5-3-6-10-21)18-26(25)22-11-7-4-8-12-22/h3-18H,1-2H3. The Hall–Kier alpha value is -3.12. The monoisotopic (exact) mass is 334 g/mol. The van der Waals surface area contributed by atoms with Crippen LogP contribution in [-0.4, -0.2) is 0 Å². The largest absolute Gasteiger partial charge is 0.0622 e. The van der Waals surface area contributed by atoms with Gasteiger partial charge in [-0.1, -0.05) is 91.0 Å². The molecule has 0 unspecified atom stereocenters. The van der Waals surface area contributed by atoms with Crippen molar-refractivity contribution in [3.05, 3.63) is 108 Å². The van der Waals surface area contributed by atoms with Crippen molar-refractivity contribution in [1.82, 2.24) is 0 Å². The van der Waals surface area contributed by atoms with Gasteiger partial charge in [0.25, 0.3) is 0 Å². The third-order valence-electron chi connectivity index (χ3n) is 5.03. The first-order chi connectivity index (χ1) is 12.7. The molecular formula is C26H22. The van der Waals surface area contributed by atoms with E-state index < -0.39 is 0 Å². The summed E-state index contributed by atoms with van der Waals surface area (Å²) in [4.78, 5) is 0. The fourth-order valence-corrected chi connectivity index (χ4v) is 3.37. The Balaban J connectivity index is 1.92. The van der Waals surface area contributed by atoms with Crippen LogP contribution in [-0.2, 0) is 0 Å². The first kappa shape index (κ1) is 16.4. The van der Waals surface area contributed by atoms with Crippen LogP contribution in [0, 0.1) is 13.8 Å². The molecule has 4 aromatic rings. The van der Waals surface area contributed by atoms with E-state index >= 15 is 0 Å². The van der Waals surface area contributed by atoms with E-state index in [9.17, 15) is 0 Å². The molecule has 26 heavy (non-hydrogen) atoms. The predicted octanol–water partition coefficient (Wildman–Crippen LogP) is 7.30. The Morgan fingerprint density at radius 3 is 1.65 bits per heavy atom. The van der Waals surface area contributed by atoms with Crippen molar-refractivity contribution < 1.29 is 0 Å². The van der Waals surface area contributed by atoms with Gasteiger partial charge in [0.15, 0.2) is 0 Å². The maximum absolute atomic E-state index is 2.31. The lowest BCUT2D eigenvalue weighted by atomic mass is 9.90. The fraction of sp³-hybridized carbons (Fsp3) is 0.0769. The van der Waals surface area contributed by atoms with Gasteiger partial charge < -0.3 is 0 Å². The average molecular weight is 334 g/mol. The normalized spacial score (nSPS) is 10.7. The molecule has 0 aliphatic heterocycles. The maximum atomic E-state index is 2.31. The third kappa shape index (κ3) is 3.19. The molecule has 0 heterocycles. The van der Waals surface area contributed by atoms with E-state index in [0.717, 1.165) is 0 Å². The van der Waals surface area contributed by atoms with Gasteiger partial charge in [-0.15, -0.1) is 0 Å². The molecule has 0 N–H and O–H groups in total. The number of hydrogen-bond acceptors (Lipinski definition) is 0. The van der Waals surface area contributed by atoms with Crippen molar-refractivity contribution in [2.75, 3.05) is 0 Å². The smallest absolute Gasteiger partial charge is 0.00992 e. The van der Waals surface area contributed by atoms with Crippen LogP contribution in [0.1, 0.15) is 11.1 Å². The number of aryl methyl sites for hydroxylation is 2. The van der Waals surface area contributed by atoms with Gasteiger partial charge in [-0.25, -0.2) is 0 Å². The number of benzene rings is 4. The van der Waals surface area contributed by atoms with E-state index in [2.05, 4.69) is 111 Å². The summed E-state index contributed by atoms with van der Waals surface area (Å²) in [5, 5.41) is 0. The lowest BCUT2D eigenvalue weighted by molar-refractivity contribution is 1.34. The quantitative estimate of drug-likeness (QED) is 0.368. The van der Waals surface area contributed by atoms with Crippen LogP contribution in [0.4, 0.5) is 0 Å². The third-order valence-corrected chi connectivity index (χ3v) is 5.03. The maximum Gasteiger partial charge on any atom is -0.00992 e. The molecule has 0 spiro atoms. The van der Waals surface area contributed by atoms with Crippen LogP contribution >= 0.6 is 0 Å². The molecule has 0 atom stereocenters. The second-order valence-corrected chi connectivity index (χ2v) is 6.79. The van der Waals surface area contributed by atoms with E-state index in [0.29, 0.717) is 0 Å². The Labute approximate surface area is 155 Å². The zero-order chi connectivity index (χ0) is 17.9. The zero-order valence-corrected chi connectivity index (χ0v) is 15.2. The SMILES string of the molecule is Cc1ccc(-c2ccc(-c3ccccc3)cc2-c2ccccc2)cc1C. The Bertz CT molecular complexity index is 1030. The van der Waals surface area contributed by atoms with E-state index in [1.165, 1.54) is 44.5 Å². The van der Waals surface area contributed by atoms with Crippen molar-refractivity contribution in [3.63, 3.8) is 0 Å². The van der Waals surface area contributed by atoms with Gasteiger partial charge in [-0.05, 0) is 64.4 Å². The molecular weight excluding hydrogens is 312 g/mol. The summed E-state index contributed by atoms with van der Waals surface area (Å²) in [7, 11) is 0. The molecule has 4 aromatic carbocycles.